The van der Waals surface area contributed by atoms with Crippen molar-refractivity contribution >= 4 is 10.0 Å². The van der Waals surface area contributed by atoms with Gasteiger partial charge in [0.15, 0.2) is 5.76 Å². The van der Waals surface area contributed by atoms with Gasteiger partial charge in [-0.3, -0.25) is 0 Å². The Bertz CT molecular complexity index is 649. The molecule has 2 aromatic rings. The van der Waals surface area contributed by atoms with Crippen molar-refractivity contribution in [1.29, 1.82) is 0 Å². The van der Waals surface area contributed by atoms with E-state index in [2.05, 4.69) is 5.16 Å². The van der Waals surface area contributed by atoms with E-state index in [1.807, 2.05) is 0 Å². The molecular formula is C11H12N2O4S. The lowest BCUT2D eigenvalue weighted by Gasteiger charge is -2.07. The molecule has 1 aromatic carbocycles. The minimum absolute atomic E-state index is 0.0544. The molecule has 0 unspecified atom stereocenters. The number of ether oxygens (including phenoxy) is 1. The van der Waals surface area contributed by atoms with Crippen LogP contribution in [0, 0.1) is 6.92 Å². The van der Waals surface area contributed by atoms with Gasteiger partial charge in [-0.2, -0.15) is 0 Å². The molecule has 0 fully saturated rings. The van der Waals surface area contributed by atoms with Gasteiger partial charge in [0.05, 0.1) is 5.69 Å². The van der Waals surface area contributed by atoms with Crippen molar-refractivity contribution in [3.05, 3.63) is 41.8 Å². The molecular weight excluding hydrogens is 256 g/mol. The average Bonchev–Trinajstić information content (AvgIpc) is 2.72. The predicted octanol–water partition coefficient (Wildman–Crippen LogP) is 1.21. The summed E-state index contributed by atoms with van der Waals surface area (Å²) in [7, 11) is -3.80. The first-order valence-corrected chi connectivity index (χ1v) is 6.68. The van der Waals surface area contributed by atoms with Gasteiger partial charge in [-0.15, -0.1) is 0 Å². The van der Waals surface area contributed by atoms with Gasteiger partial charge in [0.1, 0.15) is 17.3 Å². The summed E-state index contributed by atoms with van der Waals surface area (Å²) in [5.74, 6) is 0.700. The lowest BCUT2D eigenvalue weighted by atomic mass is 10.3. The molecule has 2 N–H and O–H groups in total. The van der Waals surface area contributed by atoms with Gasteiger partial charge in [0.2, 0.25) is 10.0 Å². The molecule has 0 atom stereocenters. The Morgan fingerprint density at radius 3 is 2.72 bits per heavy atom. The Kier molecular flexibility index (Phi) is 3.35. The number of benzene rings is 1. The highest BCUT2D eigenvalue weighted by atomic mass is 32.2. The van der Waals surface area contributed by atoms with Crippen LogP contribution in [-0.4, -0.2) is 13.6 Å². The van der Waals surface area contributed by atoms with E-state index in [9.17, 15) is 8.42 Å². The monoisotopic (exact) mass is 268 g/mol. The molecule has 96 valence electrons. The van der Waals surface area contributed by atoms with Gasteiger partial charge in [0, 0.05) is 6.07 Å². The topological polar surface area (TPSA) is 95.4 Å². The number of para-hydroxylation sites is 1. The summed E-state index contributed by atoms with van der Waals surface area (Å²) in [5.41, 5.74) is 0.730. The lowest BCUT2D eigenvalue weighted by molar-refractivity contribution is 0.244. The molecule has 2 rings (SSSR count). The van der Waals surface area contributed by atoms with Crippen molar-refractivity contribution in [3.63, 3.8) is 0 Å². The standard InChI is InChI=1S/C11H12N2O4S/c1-8-6-9(17-13-8)7-16-10-4-2-3-5-11(10)18(12,14)15/h2-6H,7H2,1H3,(H2,12,14,15). The van der Waals surface area contributed by atoms with Crippen LogP contribution < -0.4 is 9.88 Å². The van der Waals surface area contributed by atoms with Crippen molar-refractivity contribution in [2.75, 3.05) is 0 Å². The van der Waals surface area contributed by atoms with E-state index in [0.29, 0.717) is 5.76 Å². The number of rotatable bonds is 4. The molecule has 0 aliphatic carbocycles. The molecule has 0 saturated carbocycles. The summed E-state index contributed by atoms with van der Waals surface area (Å²) < 4.78 is 33.0. The number of nitrogens with two attached hydrogens (primary N) is 1. The minimum Gasteiger partial charge on any atom is -0.484 e. The molecule has 0 saturated heterocycles. The van der Waals surface area contributed by atoms with Crippen LogP contribution in [-0.2, 0) is 16.6 Å². The molecule has 18 heavy (non-hydrogen) atoms. The number of hydrogen-bond acceptors (Lipinski definition) is 5. The summed E-state index contributed by atoms with van der Waals surface area (Å²) in [6, 6.07) is 7.86. The smallest absolute Gasteiger partial charge is 0.241 e. The van der Waals surface area contributed by atoms with Gasteiger partial charge in [-0.05, 0) is 19.1 Å². The van der Waals surface area contributed by atoms with E-state index in [1.165, 1.54) is 12.1 Å². The molecule has 0 radical (unpaired) electrons. The molecule has 0 spiro atoms. The largest absolute Gasteiger partial charge is 0.484 e. The van der Waals surface area contributed by atoms with Crippen molar-refractivity contribution in [3.8, 4) is 5.75 Å². The second-order valence-corrected chi connectivity index (χ2v) is 5.24. The van der Waals surface area contributed by atoms with Crippen LogP contribution in [0.1, 0.15) is 11.5 Å². The first-order valence-electron chi connectivity index (χ1n) is 5.13. The SMILES string of the molecule is Cc1cc(COc2ccccc2S(N)(=O)=O)on1. The third-order valence-corrected chi connectivity index (χ3v) is 3.15. The van der Waals surface area contributed by atoms with Gasteiger partial charge in [-0.1, -0.05) is 17.3 Å². The Labute approximate surface area is 104 Å². The minimum atomic E-state index is -3.80. The van der Waals surface area contributed by atoms with Crippen molar-refractivity contribution in [1.82, 2.24) is 5.16 Å². The van der Waals surface area contributed by atoms with Gasteiger partial charge in [-0.25, -0.2) is 13.6 Å². The summed E-state index contributed by atoms with van der Waals surface area (Å²) in [6.07, 6.45) is 0. The summed E-state index contributed by atoms with van der Waals surface area (Å²) in [6.45, 7) is 1.87. The van der Waals surface area contributed by atoms with Crippen LogP contribution in [0.25, 0.3) is 0 Å². The average molecular weight is 268 g/mol. The fraction of sp³-hybridized carbons (Fsp3) is 0.182. The first-order chi connectivity index (χ1) is 8.47. The molecule has 6 nitrogen and oxygen atoms in total. The van der Waals surface area contributed by atoms with E-state index in [1.54, 1.807) is 25.1 Å². The Morgan fingerprint density at radius 1 is 1.39 bits per heavy atom. The van der Waals surface area contributed by atoms with Crippen LogP contribution in [0.4, 0.5) is 0 Å². The molecule has 0 bridgehead atoms. The van der Waals surface area contributed by atoms with Crippen LogP contribution in [0.15, 0.2) is 39.8 Å². The number of sulfonamides is 1. The quantitative estimate of drug-likeness (QED) is 0.899. The maximum Gasteiger partial charge on any atom is 0.241 e. The van der Waals surface area contributed by atoms with Gasteiger partial charge >= 0.3 is 0 Å². The zero-order valence-corrected chi connectivity index (χ0v) is 10.5. The van der Waals surface area contributed by atoms with E-state index in [-0.39, 0.29) is 17.3 Å². The van der Waals surface area contributed by atoms with E-state index >= 15 is 0 Å². The zero-order chi connectivity index (χ0) is 13.2. The fourth-order valence-corrected chi connectivity index (χ4v) is 2.11. The molecule has 0 aliphatic rings. The number of aryl methyl sites for hydroxylation is 1. The lowest BCUT2D eigenvalue weighted by Crippen LogP contribution is -2.13. The Hall–Kier alpha value is -1.86. The maximum absolute atomic E-state index is 11.3. The second kappa shape index (κ2) is 4.79. The highest BCUT2D eigenvalue weighted by Crippen LogP contribution is 2.22. The number of aromatic nitrogens is 1. The summed E-state index contributed by atoms with van der Waals surface area (Å²) in [5, 5.41) is 8.79. The van der Waals surface area contributed by atoms with Crippen LogP contribution in [0.2, 0.25) is 0 Å². The highest BCUT2D eigenvalue weighted by Gasteiger charge is 2.14. The predicted molar refractivity (Wildman–Crippen MR) is 63.4 cm³/mol. The van der Waals surface area contributed by atoms with Crippen molar-refractivity contribution < 1.29 is 17.7 Å². The molecule has 0 aliphatic heterocycles. The molecule has 0 amide bonds. The Morgan fingerprint density at radius 2 is 2.11 bits per heavy atom. The van der Waals surface area contributed by atoms with Crippen LogP contribution in [0.5, 0.6) is 5.75 Å². The summed E-state index contributed by atoms with van der Waals surface area (Å²) >= 11 is 0. The fourth-order valence-electron chi connectivity index (χ4n) is 1.44. The highest BCUT2D eigenvalue weighted by molar-refractivity contribution is 7.89. The number of hydrogen-bond donors (Lipinski definition) is 1. The van der Waals surface area contributed by atoms with Crippen LogP contribution >= 0.6 is 0 Å². The van der Waals surface area contributed by atoms with Gasteiger partial charge in [0.25, 0.3) is 0 Å². The number of nitrogens with zero attached hydrogens (tertiary/aromatic N) is 1. The maximum atomic E-state index is 11.3. The zero-order valence-electron chi connectivity index (χ0n) is 9.66. The molecule has 1 aromatic heterocycles. The van der Waals surface area contributed by atoms with Crippen molar-refractivity contribution in [2.24, 2.45) is 5.14 Å². The number of primary sulfonamides is 1. The van der Waals surface area contributed by atoms with E-state index < -0.39 is 10.0 Å². The third-order valence-electron chi connectivity index (χ3n) is 2.20. The normalized spacial score (nSPS) is 11.4. The molecule has 7 heteroatoms. The van der Waals surface area contributed by atoms with Gasteiger partial charge < -0.3 is 9.26 Å². The Balaban J connectivity index is 2.20. The van der Waals surface area contributed by atoms with E-state index in [4.69, 9.17) is 14.4 Å². The van der Waals surface area contributed by atoms with E-state index in [0.717, 1.165) is 5.69 Å². The van der Waals surface area contributed by atoms with Crippen LogP contribution in [0.3, 0.4) is 0 Å². The second-order valence-electron chi connectivity index (χ2n) is 3.72. The first kappa shape index (κ1) is 12.6. The van der Waals surface area contributed by atoms with Crippen molar-refractivity contribution in [2.45, 2.75) is 18.4 Å². The summed E-state index contributed by atoms with van der Waals surface area (Å²) in [4.78, 5) is -0.0544. The molecule has 1 heterocycles. The third kappa shape index (κ3) is 2.88.